The molecule has 76 heavy (non-hydrogen) atoms. The highest BCUT2D eigenvalue weighted by atomic mass is 19.3. The Bertz CT molecular complexity index is 2050. The van der Waals surface area contributed by atoms with Gasteiger partial charge in [0.05, 0.1) is 59.9 Å². The number of nitrogens with two attached hydrogens (primary N) is 1. The van der Waals surface area contributed by atoms with Crippen LogP contribution in [0.2, 0.25) is 0 Å². The Hall–Kier alpha value is -3.24. The van der Waals surface area contributed by atoms with Crippen LogP contribution in [0.25, 0.3) is 0 Å². The number of benzene rings is 1. The van der Waals surface area contributed by atoms with Crippen LogP contribution in [0.1, 0.15) is 126 Å². The lowest BCUT2D eigenvalue weighted by Gasteiger charge is -2.51. The van der Waals surface area contributed by atoms with Crippen molar-refractivity contribution in [3.8, 4) is 0 Å². The highest BCUT2D eigenvalue weighted by Crippen LogP contribution is 2.46. The number of halogens is 3. The number of hydrogen-bond acceptors (Lipinski definition) is 16. The Morgan fingerprint density at radius 3 is 2.26 bits per heavy atom. The zero-order valence-electron chi connectivity index (χ0n) is 48.4. The number of carbonyl (C=O) groups is 1. The van der Waals surface area contributed by atoms with E-state index in [4.69, 9.17) is 34.3 Å². The number of nitrogens with zero attached hydrogens (tertiary/aromatic N) is 4. The third-order valence-electron chi connectivity index (χ3n) is 17.7. The lowest BCUT2D eigenvalue weighted by atomic mass is 9.68. The minimum atomic E-state index is -2.73. The molecule has 0 spiro atoms. The number of carbonyl (C=O) groups excluding carboxylic acids is 1. The highest BCUT2D eigenvalue weighted by Gasteiger charge is 2.54. The standard InChI is InChI=1S/C57H97F3N6O10/c1-17-46-54(8,9)50(67)38(6)64(13)32-34(2)28-55(10,70)52(36(4)48(37(5)53(69)75-46)45-29-56(11,72-16)51(68)39(7)74-45)76-47-27-43(26-35(3)73-47)63(12)24-22-42(65(14)61)31-62-44(30-58)49(71-15)40-18-20-41(21-19-40)66-25-23-57(59,60)33-66/h18-21,31,34,36-39,43-52,62,67-68,70H,3,17,22-30,32-33,61H2,1-2,4-16H3/b42-31-/t34-,36+,37-,38-,39+,43?,44-,45?,46-,47+,48+,49-,50-,51+,52-,55-,56-/m1/s1. The van der Waals surface area contributed by atoms with Crippen LogP contribution in [0, 0.1) is 29.1 Å². The van der Waals surface area contributed by atoms with E-state index in [1.807, 2.05) is 62.6 Å². The number of anilines is 1. The molecule has 2 unspecified atom stereocenters. The number of esters is 1. The van der Waals surface area contributed by atoms with Gasteiger partial charge in [-0.05, 0) is 84.2 Å². The largest absolute Gasteiger partial charge is 0.470 e. The number of alkyl halides is 3. The highest BCUT2D eigenvalue weighted by molar-refractivity contribution is 5.73. The molecular formula is C57H97F3N6O10. The molecule has 4 heterocycles. The molecule has 1 aromatic rings. The maximum atomic E-state index is 14.8. The molecule has 5 rings (SSSR count). The van der Waals surface area contributed by atoms with Gasteiger partial charge >= 0.3 is 5.97 Å². The molecule has 4 aliphatic heterocycles. The number of cyclic esters (lactones) is 1. The van der Waals surface area contributed by atoms with Gasteiger partial charge in [-0.3, -0.25) is 4.79 Å². The smallest absolute Gasteiger partial charge is 0.309 e. The van der Waals surface area contributed by atoms with E-state index < -0.39 is 108 Å². The first kappa shape index (κ1) is 63.6. The SMILES string of the molecule is C=C1CC(N(C)CC/C(=C/N[C@H](CF)[C@H](OC)c2ccc(N3CCC(F)(F)C3)cc2)N(C)N)C[C@H](O[C@@H]2[C@@H](C)[C@H](C3C[C@@](C)(OC)[C@@H](O)[C@H](C)O3)[C@@H](C)C(=O)O[C@H](CC)C(C)(C)[C@H](O)[C@@H](C)N(C)C[C@H](C)C[C@@]2(C)O)O1. The van der Waals surface area contributed by atoms with E-state index >= 15 is 0 Å². The molecule has 0 amide bonds. The van der Waals surface area contributed by atoms with Crippen molar-refractivity contribution in [2.24, 2.45) is 34.9 Å². The van der Waals surface area contributed by atoms with Gasteiger partial charge in [0.2, 0.25) is 6.29 Å². The normalized spacial score (nSPS) is 37.2. The van der Waals surface area contributed by atoms with Crippen molar-refractivity contribution < 1.29 is 61.7 Å². The molecular weight excluding hydrogens is 986 g/mol. The summed E-state index contributed by atoms with van der Waals surface area (Å²) >= 11 is 0. The van der Waals surface area contributed by atoms with Gasteiger partial charge in [-0.15, -0.1) is 0 Å². The van der Waals surface area contributed by atoms with Gasteiger partial charge < -0.3 is 68.8 Å². The molecule has 436 valence electrons. The first-order valence-electron chi connectivity index (χ1n) is 27.6. The fourth-order valence-electron chi connectivity index (χ4n) is 12.8. The monoisotopic (exact) mass is 1080 g/mol. The van der Waals surface area contributed by atoms with E-state index in [9.17, 15) is 33.3 Å². The number of aliphatic hydroxyl groups excluding tert-OH is 2. The third kappa shape index (κ3) is 15.2. The Kier molecular flexibility index (Phi) is 22.1. The second-order valence-corrected chi connectivity index (χ2v) is 24.1. The van der Waals surface area contributed by atoms with Gasteiger partial charge in [0.1, 0.15) is 25.0 Å². The van der Waals surface area contributed by atoms with Crippen molar-refractivity contribution in [3.63, 3.8) is 0 Å². The van der Waals surface area contributed by atoms with Gasteiger partial charge in [-0.25, -0.2) is 19.0 Å². The molecule has 0 aliphatic carbocycles. The maximum Gasteiger partial charge on any atom is 0.309 e. The molecule has 17 atom stereocenters. The average Bonchev–Trinajstić information content (AvgIpc) is 3.73. The minimum Gasteiger partial charge on any atom is -0.470 e. The summed E-state index contributed by atoms with van der Waals surface area (Å²) in [6, 6.07) is 5.86. The van der Waals surface area contributed by atoms with Gasteiger partial charge in [-0.2, -0.15) is 0 Å². The van der Waals surface area contributed by atoms with Gasteiger partial charge in [0.15, 0.2) is 0 Å². The molecule has 16 nitrogen and oxygen atoms in total. The van der Waals surface area contributed by atoms with Crippen LogP contribution >= 0.6 is 0 Å². The number of ether oxygens (including phenoxy) is 6. The van der Waals surface area contributed by atoms with Crippen LogP contribution < -0.4 is 16.1 Å². The van der Waals surface area contributed by atoms with E-state index in [-0.39, 0.29) is 43.9 Å². The molecule has 4 fully saturated rings. The molecule has 0 radical (unpaired) electrons. The number of rotatable bonds is 17. The van der Waals surface area contributed by atoms with Crippen molar-refractivity contribution in [1.29, 1.82) is 0 Å². The molecule has 0 saturated carbocycles. The van der Waals surface area contributed by atoms with Gasteiger partial charge in [0, 0.05) is 114 Å². The predicted octanol–water partition coefficient (Wildman–Crippen LogP) is 7.17. The van der Waals surface area contributed by atoms with E-state index in [0.29, 0.717) is 67.9 Å². The van der Waals surface area contributed by atoms with Crippen LogP contribution in [0.5, 0.6) is 0 Å². The lowest BCUT2D eigenvalue weighted by molar-refractivity contribution is -0.258. The van der Waals surface area contributed by atoms with E-state index in [2.05, 4.69) is 28.6 Å². The maximum absolute atomic E-state index is 14.8. The summed E-state index contributed by atoms with van der Waals surface area (Å²) in [5.41, 5.74) is -1.29. The summed E-state index contributed by atoms with van der Waals surface area (Å²) in [6.45, 7) is 23.6. The second kappa shape index (κ2) is 26.4. The van der Waals surface area contributed by atoms with E-state index in [1.54, 1.807) is 63.4 Å². The predicted molar refractivity (Wildman–Crippen MR) is 289 cm³/mol. The van der Waals surface area contributed by atoms with Crippen molar-refractivity contribution in [3.05, 3.63) is 54.1 Å². The number of likely N-dealkylation sites (N-methyl/N-ethyl adjacent to an activating group) is 1. The molecule has 0 aromatic heterocycles. The summed E-state index contributed by atoms with van der Waals surface area (Å²) in [6.07, 6.45) is -2.35. The summed E-state index contributed by atoms with van der Waals surface area (Å²) in [5, 5.41) is 41.0. The summed E-state index contributed by atoms with van der Waals surface area (Å²) in [5.74, 6) is 1.58. The summed E-state index contributed by atoms with van der Waals surface area (Å²) in [4.78, 5) is 20.7. The van der Waals surface area contributed by atoms with Crippen molar-refractivity contribution >= 4 is 11.7 Å². The zero-order chi connectivity index (χ0) is 56.8. The Morgan fingerprint density at radius 1 is 1.04 bits per heavy atom. The quantitative estimate of drug-likeness (QED) is 0.0601. The van der Waals surface area contributed by atoms with Crippen molar-refractivity contribution in [2.45, 2.75) is 198 Å². The number of hydrazine groups is 1. The fraction of sp³-hybridized carbons (Fsp3) is 0.807. The lowest BCUT2D eigenvalue weighted by Crippen LogP contribution is -2.60. The van der Waals surface area contributed by atoms with E-state index in [1.165, 1.54) is 12.1 Å². The summed E-state index contributed by atoms with van der Waals surface area (Å²) < 4.78 is 81.1. The Morgan fingerprint density at radius 2 is 1.70 bits per heavy atom. The van der Waals surface area contributed by atoms with Crippen LogP contribution in [-0.2, 0) is 33.2 Å². The number of methoxy groups -OCH3 is 2. The molecule has 4 saturated heterocycles. The Balaban J connectivity index is 1.40. The molecule has 4 aliphatic rings. The van der Waals surface area contributed by atoms with Crippen molar-refractivity contribution in [2.75, 3.05) is 73.1 Å². The van der Waals surface area contributed by atoms with Crippen LogP contribution in [0.4, 0.5) is 18.9 Å². The van der Waals surface area contributed by atoms with Gasteiger partial charge in [-0.1, -0.05) is 60.3 Å². The zero-order valence-corrected chi connectivity index (χ0v) is 48.4. The van der Waals surface area contributed by atoms with E-state index in [0.717, 1.165) is 0 Å². The van der Waals surface area contributed by atoms with Crippen LogP contribution in [-0.4, -0.2) is 182 Å². The Labute approximate surface area is 452 Å². The molecule has 1 aromatic carbocycles. The molecule has 0 bridgehead atoms. The minimum absolute atomic E-state index is 0.0828. The molecule has 6 N–H and O–H groups in total. The number of aliphatic hydroxyl groups is 3. The first-order chi connectivity index (χ1) is 35.4. The summed E-state index contributed by atoms with van der Waals surface area (Å²) in [7, 11) is 8.73. The van der Waals surface area contributed by atoms with Gasteiger partial charge in [0.25, 0.3) is 5.92 Å². The second-order valence-electron chi connectivity index (χ2n) is 24.1. The third-order valence-corrected chi connectivity index (χ3v) is 17.7. The number of hydrogen-bond donors (Lipinski definition) is 5. The first-order valence-corrected chi connectivity index (χ1v) is 27.6. The molecule has 19 heteroatoms. The van der Waals surface area contributed by atoms with Crippen LogP contribution in [0.15, 0.2) is 48.5 Å². The topological polar surface area (TPSA) is 184 Å². The average molecular weight is 1080 g/mol. The fourth-order valence-corrected chi connectivity index (χ4v) is 12.8. The van der Waals surface area contributed by atoms with Crippen molar-refractivity contribution in [1.82, 2.24) is 20.1 Å². The number of nitrogens with one attached hydrogen (secondary N) is 1. The van der Waals surface area contributed by atoms with Crippen LogP contribution in [0.3, 0.4) is 0 Å².